The number of phosphoric ester groups is 1. The number of esters is 1. The summed E-state index contributed by atoms with van der Waals surface area (Å²) in [5, 5.41) is 0. The highest BCUT2D eigenvalue weighted by Gasteiger charge is 2.25. The highest BCUT2D eigenvalue weighted by molar-refractivity contribution is 7.47. The van der Waals surface area contributed by atoms with Crippen LogP contribution in [0.4, 0.5) is 0 Å². The molecule has 0 saturated carbocycles. The van der Waals surface area contributed by atoms with Crippen molar-refractivity contribution < 1.29 is 32.8 Å². The van der Waals surface area contributed by atoms with Crippen molar-refractivity contribution in [3.05, 3.63) is 0 Å². The molecule has 0 aromatic rings. The van der Waals surface area contributed by atoms with Crippen molar-refractivity contribution in [3.8, 4) is 0 Å². The molecule has 9 heteroatoms. The molecule has 0 aliphatic heterocycles. The Bertz CT molecular complexity index is 682. The van der Waals surface area contributed by atoms with Gasteiger partial charge in [-0.2, -0.15) is 0 Å². The van der Waals surface area contributed by atoms with Crippen LogP contribution >= 0.6 is 7.82 Å². The minimum absolute atomic E-state index is 0.0924. The van der Waals surface area contributed by atoms with Crippen molar-refractivity contribution in [3.63, 3.8) is 0 Å². The molecule has 276 valence electrons. The molecule has 0 fully saturated rings. The maximum atomic E-state index is 12.0. The van der Waals surface area contributed by atoms with Gasteiger partial charge in [-0.1, -0.05) is 174 Å². The second-order valence-electron chi connectivity index (χ2n) is 13.2. The fraction of sp³-hybridized carbons (Fsp3) is 0.973. The van der Waals surface area contributed by atoms with Gasteiger partial charge in [-0.05, 0) is 12.8 Å². The topological polar surface area (TPSA) is 117 Å². The second-order valence-corrected chi connectivity index (χ2v) is 14.6. The standard InChI is InChI=1S/C37H76NO7P/c1-3-5-7-8-9-10-11-12-13-14-15-16-17-18-19-20-21-22-23-24-25-26-27-28-29-32-42-34-36(45-37(39)30-6-4-2)35-44-46(40,41)43-33-31-38/h36H,3-35,38H2,1-2H3,(H,40,41). The second kappa shape index (κ2) is 35.8. The normalized spacial score (nSPS) is 13.6. The first-order valence-corrected chi connectivity index (χ1v) is 21.0. The highest BCUT2D eigenvalue weighted by atomic mass is 31.2. The van der Waals surface area contributed by atoms with Crippen molar-refractivity contribution in [1.82, 2.24) is 0 Å². The zero-order valence-electron chi connectivity index (χ0n) is 30.3. The number of hydrogen-bond acceptors (Lipinski definition) is 7. The van der Waals surface area contributed by atoms with Crippen molar-refractivity contribution in [2.24, 2.45) is 5.73 Å². The Kier molecular flexibility index (Phi) is 35.4. The molecule has 0 aliphatic carbocycles. The maximum absolute atomic E-state index is 12.0. The summed E-state index contributed by atoms with van der Waals surface area (Å²) in [7, 11) is -4.24. The number of ether oxygens (including phenoxy) is 2. The molecule has 2 atom stereocenters. The molecule has 0 spiro atoms. The summed E-state index contributed by atoms with van der Waals surface area (Å²) in [6.07, 6.45) is 35.4. The summed E-state index contributed by atoms with van der Waals surface area (Å²) in [4.78, 5) is 21.8. The summed E-state index contributed by atoms with van der Waals surface area (Å²) in [6, 6.07) is 0. The lowest BCUT2D eigenvalue weighted by molar-refractivity contribution is -0.154. The first-order valence-electron chi connectivity index (χ1n) is 19.5. The van der Waals surface area contributed by atoms with Crippen LogP contribution in [-0.2, 0) is 27.9 Å². The first kappa shape index (κ1) is 45.5. The number of phosphoric acid groups is 1. The minimum atomic E-state index is -4.24. The molecule has 0 amide bonds. The van der Waals surface area contributed by atoms with Crippen molar-refractivity contribution in [2.75, 3.05) is 33.0 Å². The third kappa shape index (κ3) is 34.8. The lowest BCUT2D eigenvalue weighted by atomic mass is 10.0. The Morgan fingerprint density at radius 1 is 0.565 bits per heavy atom. The molecule has 0 heterocycles. The van der Waals surface area contributed by atoms with E-state index in [1.54, 1.807) is 0 Å². The van der Waals surface area contributed by atoms with E-state index in [0.29, 0.717) is 13.0 Å². The van der Waals surface area contributed by atoms with Gasteiger partial charge in [0.25, 0.3) is 0 Å². The molecule has 2 unspecified atom stereocenters. The number of carbonyl (C=O) groups excluding carboxylic acids is 1. The number of unbranched alkanes of at least 4 members (excludes halogenated alkanes) is 25. The fourth-order valence-electron chi connectivity index (χ4n) is 5.62. The molecule has 46 heavy (non-hydrogen) atoms. The van der Waals surface area contributed by atoms with Crippen LogP contribution in [-0.4, -0.2) is 49.9 Å². The van der Waals surface area contributed by atoms with Crippen molar-refractivity contribution in [2.45, 2.75) is 200 Å². The molecule has 0 aliphatic rings. The van der Waals surface area contributed by atoms with Crippen LogP contribution in [0, 0.1) is 0 Å². The van der Waals surface area contributed by atoms with E-state index < -0.39 is 13.9 Å². The van der Waals surface area contributed by atoms with E-state index >= 15 is 0 Å². The van der Waals surface area contributed by atoms with Crippen LogP contribution < -0.4 is 5.73 Å². The Labute approximate surface area is 284 Å². The molecule has 0 aromatic heterocycles. The summed E-state index contributed by atoms with van der Waals surface area (Å²) in [5.41, 5.74) is 5.30. The summed E-state index contributed by atoms with van der Waals surface area (Å²) >= 11 is 0. The van der Waals surface area contributed by atoms with Gasteiger partial charge in [0.1, 0.15) is 6.10 Å². The van der Waals surface area contributed by atoms with Crippen molar-refractivity contribution in [1.29, 1.82) is 0 Å². The Morgan fingerprint density at radius 3 is 1.35 bits per heavy atom. The third-order valence-electron chi connectivity index (χ3n) is 8.52. The van der Waals surface area contributed by atoms with Crippen molar-refractivity contribution >= 4 is 13.8 Å². The molecule has 0 bridgehead atoms. The number of hydrogen-bond donors (Lipinski definition) is 2. The van der Waals surface area contributed by atoms with Gasteiger partial charge in [-0.25, -0.2) is 4.57 Å². The van der Waals surface area contributed by atoms with Crippen LogP contribution in [0.25, 0.3) is 0 Å². The minimum Gasteiger partial charge on any atom is -0.457 e. The Hall–Kier alpha value is -0.500. The fourth-order valence-corrected chi connectivity index (χ4v) is 6.39. The molecule has 8 nitrogen and oxygen atoms in total. The van der Waals surface area contributed by atoms with Gasteiger partial charge in [0, 0.05) is 19.6 Å². The van der Waals surface area contributed by atoms with Crippen LogP contribution in [0.2, 0.25) is 0 Å². The van der Waals surface area contributed by atoms with E-state index in [4.69, 9.17) is 24.3 Å². The van der Waals surface area contributed by atoms with E-state index in [-0.39, 0.29) is 32.3 Å². The van der Waals surface area contributed by atoms with Gasteiger partial charge in [0.2, 0.25) is 0 Å². The van der Waals surface area contributed by atoms with Crippen LogP contribution in [0.5, 0.6) is 0 Å². The Balaban J connectivity index is 3.56. The average molecular weight is 678 g/mol. The predicted octanol–water partition coefficient (Wildman–Crippen LogP) is 11.0. The van der Waals surface area contributed by atoms with E-state index in [1.807, 2.05) is 6.92 Å². The Morgan fingerprint density at radius 2 is 0.957 bits per heavy atom. The van der Waals surface area contributed by atoms with Crippen LogP contribution in [0.3, 0.4) is 0 Å². The SMILES string of the molecule is CCCCCCCCCCCCCCCCCCCCCCCCCCCOCC(COP(=O)(O)OCCN)OC(=O)CCCC. The van der Waals surface area contributed by atoms with Gasteiger partial charge >= 0.3 is 13.8 Å². The maximum Gasteiger partial charge on any atom is 0.472 e. The van der Waals surface area contributed by atoms with E-state index in [9.17, 15) is 14.3 Å². The molecule has 0 radical (unpaired) electrons. The van der Waals surface area contributed by atoms with Crippen LogP contribution in [0.15, 0.2) is 0 Å². The lowest BCUT2D eigenvalue weighted by Gasteiger charge is -2.20. The molecular formula is C37H76NO7P. The first-order chi connectivity index (χ1) is 22.4. The van der Waals surface area contributed by atoms with Gasteiger partial charge in [0.15, 0.2) is 0 Å². The zero-order chi connectivity index (χ0) is 33.8. The lowest BCUT2D eigenvalue weighted by Crippen LogP contribution is -2.28. The average Bonchev–Trinajstić information content (AvgIpc) is 3.04. The predicted molar refractivity (Wildman–Crippen MR) is 192 cm³/mol. The summed E-state index contributed by atoms with van der Waals surface area (Å²) in [5.74, 6) is -0.361. The third-order valence-corrected chi connectivity index (χ3v) is 9.51. The van der Waals surface area contributed by atoms with E-state index in [1.165, 1.54) is 148 Å². The highest BCUT2D eigenvalue weighted by Crippen LogP contribution is 2.43. The zero-order valence-corrected chi connectivity index (χ0v) is 31.2. The summed E-state index contributed by atoms with van der Waals surface area (Å²) in [6.45, 7) is 4.71. The number of rotatable bonds is 38. The molecular weight excluding hydrogens is 601 g/mol. The summed E-state index contributed by atoms with van der Waals surface area (Å²) < 4.78 is 32.8. The monoisotopic (exact) mass is 678 g/mol. The number of nitrogens with two attached hydrogens (primary N) is 1. The van der Waals surface area contributed by atoms with Crippen LogP contribution in [0.1, 0.15) is 194 Å². The van der Waals surface area contributed by atoms with Gasteiger partial charge in [-0.15, -0.1) is 0 Å². The molecule has 3 N–H and O–H groups in total. The largest absolute Gasteiger partial charge is 0.472 e. The van der Waals surface area contributed by atoms with Gasteiger partial charge in [0.05, 0.1) is 19.8 Å². The number of carbonyl (C=O) groups is 1. The smallest absolute Gasteiger partial charge is 0.457 e. The van der Waals surface area contributed by atoms with Gasteiger partial charge < -0.3 is 20.1 Å². The molecule has 0 aromatic carbocycles. The molecule has 0 saturated heterocycles. The molecule has 0 rings (SSSR count). The quantitative estimate of drug-likeness (QED) is 0.0377. The van der Waals surface area contributed by atoms with Gasteiger partial charge in [-0.3, -0.25) is 13.8 Å². The van der Waals surface area contributed by atoms with E-state index in [0.717, 1.165) is 25.7 Å². The van der Waals surface area contributed by atoms with E-state index in [2.05, 4.69) is 6.92 Å².